The van der Waals surface area contributed by atoms with Crippen LogP contribution in [0.15, 0.2) is 36.4 Å². The lowest BCUT2D eigenvalue weighted by Gasteiger charge is -2.17. The van der Waals surface area contributed by atoms with Crippen molar-refractivity contribution >= 4 is 33.1 Å². The lowest BCUT2D eigenvalue weighted by Crippen LogP contribution is -2.11. The van der Waals surface area contributed by atoms with Crippen molar-refractivity contribution in [2.45, 2.75) is 66.7 Å². The second-order valence-corrected chi connectivity index (χ2v) is 8.87. The minimum atomic E-state index is 0.0474. The molecule has 0 aliphatic carbocycles. The fourth-order valence-corrected chi connectivity index (χ4v) is 3.75. The van der Waals surface area contributed by atoms with Gasteiger partial charge in [-0.05, 0) is 46.1 Å². The zero-order valence-corrected chi connectivity index (χ0v) is 18.8. The Labute approximate surface area is 178 Å². The minimum Gasteiger partial charge on any atom is -0.487 e. The van der Waals surface area contributed by atoms with Crippen LogP contribution in [0.4, 0.5) is 0 Å². The van der Waals surface area contributed by atoms with Crippen LogP contribution < -0.4 is 9.47 Å². The summed E-state index contributed by atoms with van der Waals surface area (Å²) < 4.78 is 14.4. The van der Waals surface area contributed by atoms with Gasteiger partial charge in [-0.2, -0.15) is 0 Å². The van der Waals surface area contributed by atoms with Gasteiger partial charge in [0.2, 0.25) is 0 Å². The van der Waals surface area contributed by atoms with Crippen LogP contribution in [0.5, 0.6) is 11.5 Å². The number of rotatable bonds is 7. The Kier molecular flexibility index (Phi) is 5.54. The van der Waals surface area contributed by atoms with E-state index in [9.17, 15) is 0 Å². The molecule has 0 aliphatic rings. The maximum absolute atomic E-state index is 6.03. The zero-order chi connectivity index (χ0) is 21.4. The van der Waals surface area contributed by atoms with Crippen LogP contribution in [0.2, 0.25) is 0 Å². The van der Waals surface area contributed by atoms with E-state index in [1.54, 1.807) is 0 Å². The van der Waals surface area contributed by atoms with Crippen molar-refractivity contribution in [1.82, 2.24) is 14.5 Å². The van der Waals surface area contributed by atoms with Gasteiger partial charge in [0.05, 0.1) is 28.8 Å². The predicted molar refractivity (Wildman–Crippen MR) is 124 cm³/mol. The lowest BCUT2D eigenvalue weighted by atomic mass is 10.1. The molecule has 2 aromatic carbocycles. The highest BCUT2D eigenvalue weighted by molar-refractivity contribution is 6.06. The van der Waals surface area contributed by atoms with E-state index in [0.717, 1.165) is 40.5 Å². The molecule has 0 atom stereocenters. The third kappa shape index (κ3) is 3.93. The maximum atomic E-state index is 6.03. The monoisotopic (exact) mass is 405 g/mol. The molecule has 4 rings (SSSR count). The van der Waals surface area contributed by atoms with Gasteiger partial charge >= 0.3 is 0 Å². The zero-order valence-electron chi connectivity index (χ0n) is 18.8. The molecule has 0 saturated carbocycles. The summed E-state index contributed by atoms with van der Waals surface area (Å²) in [5, 5.41) is 1.14. The van der Waals surface area contributed by atoms with Crippen LogP contribution >= 0.6 is 0 Å². The van der Waals surface area contributed by atoms with Gasteiger partial charge in [-0.1, -0.05) is 32.0 Å². The molecule has 2 aromatic heterocycles. The van der Waals surface area contributed by atoms with Crippen molar-refractivity contribution in [3.63, 3.8) is 0 Å². The summed E-state index contributed by atoms with van der Waals surface area (Å²) in [5.74, 6) is 2.05. The van der Waals surface area contributed by atoms with Crippen LogP contribution in [-0.2, 0) is 6.54 Å². The van der Waals surface area contributed by atoms with Gasteiger partial charge in [-0.3, -0.25) is 0 Å². The molecular weight excluding hydrogens is 374 g/mol. The van der Waals surface area contributed by atoms with Gasteiger partial charge in [0.1, 0.15) is 5.52 Å². The average Bonchev–Trinajstić information content (AvgIpc) is 2.97. The number of aromatic nitrogens is 3. The number of para-hydroxylation sites is 1. The van der Waals surface area contributed by atoms with Crippen molar-refractivity contribution in [3.05, 3.63) is 36.4 Å². The molecule has 0 radical (unpaired) electrons. The fourth-order valence-electron chi connectivity index (χ4n) is 3.75. The highest BCUT2D eigenvalue weighted by atomic mass is 16.5. The van der Waals surface area contributed by atoms with Gasteiger partial charge in [-0.25, -0.2) is 9.97 Å². The van der Waals surface area contributed by atoms with Gasteiger partial charge < -0.3 is 14.0 Å². The molecule has 0 aliphatic heterocycles. The molecule has 30 heavy (non-hydrogen) atoms. The number of aryl methyl sites for hydroxylation is 1. The second-order valence-electron chi connectivity index (χ2n) is 8.87. The van der Waals surface area contributed by atoms with Crippen LogP contribution in [0, 0.1) is 5.92 Å². The molecule has 0 spiro atoms. The summed E-state index contributed by atoms with van der Waals surface area (Å²) >= 11 is 0. The third-order valence-electron chi connectivity index (χ3n) is 5.07. The average molecular weight is 406 g/mol. The van der Waals surface area contributed by atoms with E-state index in [1.807, 2.05) is 39.8 Å². The van der Waals surface area contributed by atoms with Gasteiger partial charge in [0, 0.05) is 24.1 Å². The summed E-state index contributed by atoms with van der Waals surface area (Å²) in [4.78, 5) is 10.1. The van der Waals surface area contributed by atoms with Crippen molar-refractivity contribution in [1.29, 1.82) is 0 Å². The molecule has 158 valence electrons. The smallest absolute Gasteiger partial charge is 0.163 e. The quantitative estimate of drug-likeness (QED) is 0.359. The normalized spacial score (nSPS) is 12.2. The van der Waals surface area contributed by atoms with Crippen LogP contribution in [0.25, 0.3) is 33.1 Å². The van der Waals surface area contributed by atoms with E-state index in [4.69, 9.17) is 19.4 Å². The van der Waals surface area contributed by atoms with E-state index >= 15 is 0 Å². The predicted octanol–water partition coefficient (Wildman–Crippen LogP) is 6.36. The number of nitrogens with zero attached hydrogens (tertiary/aromatic N) is 3. The van der Waals surface area contributed by atoms with Gasteiger partial charge in [-0.15, -0.1) is 0 Å². The molecular formula is C25H31N3O2. The Bertz CT molecular complexity index is 1190. The Morgan fingerprint density at radius 3 is 2.03 bits per heavy atom. The molecule has 0 amide bonds. The first kappa shape index (κ1) is 20.5. The van der Waals surface area contributed by atoms with Crippen molar-refractivity contribution < 1.29 is 9.47 Å². The first-order valence-electron chi connectivity index (χ1n) is 10.9. The molecule has 5 nitrogen and oxygen atoms in total. The molecule has 0 bridgehead atoms. The van der Waals surface area contributed by atoms with Crippen LogP contribution in [0.3, 0.4) is 0 Å². The first-order chi connectivity index (χ1) is 14.3. The van der Waals surface area contributed by atoms with E-state index in [1.165, 1.54) is 5.52 Å². The second kappa shape index (κ2) is 8.13. The largest absolute Gasteiger partial charge is 0.487 e. The molecule has 4 aromatic rings. The summed E-state index contributed by atoms with van der Waals surface area (Å²) in [6.45, 7) is 13.5. The van der Waals surface area contributed by atoms with Crippen molar-refractivity contribution in [2.24, 2.45) is 5.92 Å². The highest BCUT2D eigenvalue weighted by Gasteiger charge is 2.17. The number of benzene rings is 2. The highest BCUT2D eigenvalue weighted by Crippen LogP contribution is 2.35. The van der Waals surface area contributed by atoms with E-state index < -0.39 is 0 Å². The van der Waals surface area contributed by atoms with E-state index in [0.29, 0.717) is 17.4 Å². The minimum absolute atomic E-state index is 0.0474. The molecule has 0 N–H and O–H groups in total. The maximum Gasteiger partial charge on any atom is 0.163 e. The summed E-state index contributed by atoms with van der Waals surface area (Å²) in [7, 11) is 0. The van der Waals surface area contributed by atoms with E-state index in [-0.39, 0.29) is 12.2 Å². The third-order valence-corrected chi connectivity index (χ3v) is 5.07. The van der Waals surface area contributed by atoms with Crippen LogP contribution in [-0.4, -0.2) is 26.7 Å². The molecule has 2 heterocycles. The number of fused-ring (bicyclic) bond motifs is 4. The Morgan fingerprint density at radius 1 is 0.833 bits per heavy atom. The number of hydrogen-bond donors (Lipinski definition) is 0. The Morgan fingerprint density at radius 2 is 1.43 bits per heavy atom. The van der Waals surface area contributed by atoms with Crippen molar-refractivity contribution in [2.75, 3.05) is 0 Å². The Balaban J connectivity index is 1.96. The summed E-state index contributed by atoms with van der Waals surface area (Å²) in [5.41, 5.74) is 4.69. The fraction of sp³-hybridized carbons (Fsp3) is 0.440. The van der Waals surface area contributed by atoms with Crippen molar-refractivity contribution in [3.8, 4) is 11.5 Å². The van der Waals surface area contributed by atoms with Gasteiger partial charge in [0.25, 0.3) is 0 Å². The topological polar surface area (TPSA) is 49.2 Å². The number of hydrogen-bond acceptors (Lipinski definition) is 4. The van der Waals surface area contributed by atoms with Crippen LogP contribution in [0.1, 0.15) is 48.0 Å². The number of ether oxygens (including phenoxy) is 2. The van der Waals surface area contributed by atoms with E-state index in [2.05, 4.69) is 42.7 Å². The van der Waals surface area contributed by atoms with Gasteiger partial charge in [0.15, 0.2) is 17.1 Å². The lowest BCUT2D eigenvalue weighted by molar-refractivity contribution is 0.199. The SMILES string of the molecule is CC(C)CCn1c2ccccc2c2nc3cc(OC(C)C)c(OC(C)C)cc3nc21. The summed E-state index contributed by atoms with van der Waals surface area (Å²) in [6.07, 6.45) is 1.19. The molecule has 0 fully saturated rings. The molecule has 5 heteroatoms. The first-order valence-corrected chi connectivity index (χ1v) is 10.9. The molecule has 0 saturated heterocycles. The standard InChI is InChI=1S/C25H31N3O2/c1-15(2)11-12-28-21-10-8-7-9-18(21)24-25(28)27-20-14-23(30-17(5)6)22(29-16(3)4)13-19(20)26-24/h7-10,13-17H,11-12H2,1-6H3. The Hall–Kier alpha value is -2.82. The summed E-state index contributed by atoms with van der Waals surface area (Å²) in [6, 6.07) is 12.4. The molecule has 0 unspecified atom stereocenters.